The highest BCUT2D eigenvalue weighted by Crippen LogP contribution is 2.35. The minimum atomic E-state index is -0.383. The van der Waals surface area contributed by atoms with Crippen molar-refractivity contribution in [3.05, 3.63) is 29.8 Å². The lowest BCUT2D eigenvalue weighted by Gasteiger charge is -2.34. The fourth-order valence-corrected chi connectivity index (χ4v) is 4.23. The molecule has 25 heavy (non-hydrogen) atoms. The van der Waals surface area contributed by atoms with E-state index in [1.807, 2.05) is 24.3 Å². The number of amides is 2. The van der Waals surface area contributed by atoms with Crippen LogP contribution in [0.5, 0.6) is 0 Å². The Kier molecular flexibility index (Phi) is 4.50. The lowest BCUT2D eigenvalue weighted by Crippen LogP contribution is -2.54. The molecule has 1 heterocycles. The summed E-state index contributed by atoms with van der Waals surface area (Å²) >= 11 is 0. The molecule has 0 bridgehead atoms. The van der Waals surface area contributed by atoms with Gasteiger partial charge in [-0.05, 0) is 49.8 Å². The van der Waals surface area contributed by atoms with Gasteiger partial charge < -0.3 is 16.0 Å². The standard InChI is InChI=1S/C20H27N3O2/c24-18-11-16(15-5-1-2-6-17(15)22-18)19(25)23-20(9-3-4-10-20)13-21-12-14-7-8-14/h1-2,5-6,14,16,21H,3-4,7-13H2,(H,22,24)(H,23,25). The van der Waals surface area contributed by atoms with Crippen molar-refractivity contribution in [2.24, 2.45) is 5.92 Å². The number of fused-ring (bicyclic) bond motifs is 1. The van der Waals surface area contributed by atoms with E-state index in [4.69, 9.17) is 0 Å². The van der Waals surface area contributed by atoms with Crippen LogP contribution in [0.1, 0.15) is 56.4 Å². The molecule has 1 aromatic rings. The fraction of sp³-hybridized carbons (Fsp3) is 0.600. The minimum absolute atomic E-state index is 0.00239. The molecule has 2 aliphatic carbocycles. The summed E-state index contributed by atoms with van der Waals surface area (Å²) in [5, 5.41) is 9.78. The molecule has 3 aliphatic rings. The van der Waals surface area contributed by atoms with Crippen molar-refractivity contribution >= 4 is 17.5 Å². The van der Waals surface area contributed by atoms with Crippen molar-refractivity contribution in [2.45, 2.75) is 56.4 Å². The van der Waals surface area contributed by atoms with Crippen molar-refractivity contribution in [1.29, 1.82) is 0 Å². The monoisotopic (exact) mass is 341 g/mol. The molecule has 0 radical (unpaired) electrons. The molecule has 2 fully saturated rings. The van der Waals surface area contributed by atoms with Gasteiger partial charge in [-0.2, -0.15) is 0 Å². The second kappa shape index (κ2) is 6.79. The van der Waals surface area contributed by atoms with E-state index in [2.05, 4.69) is 16.0 Å². The predicted octanol–water partition coefficient (Wildman–Crippen LogP) is 2.54. The predicted molar refractivity (Wildman–Crippen MR) is 97.4 cm³/mol. The zero-order valence-corrected chi connectivity index (χ0v) is 14.6. The van der Waals surface area contributed by atoms with Gasteiger partial charge in [0.05, 0.1) is 11.5 Å². The van der Waals surface area contributed by atoms with Gasteiger partial charge in [0.2, 0.25) is 11.8 Å². The Morgan fingerprint density at radius 3 is 2.72 bits per heavy atom. The number of anilines is 1. The van der Waals surface area contributed by atoms with Gasteiger partial charge in [0.25, 0.3) is 0 Å². The summed E-state index contributed by atoms with van der Waals surface area (Å²) in [4.78, 5) is 25.1. The zero-order valence-electron chi connectivity index (χ0n) is 14.6. The summed E-state index contributed by atoms with van der Waals surface area (Å²) in [5.74, 6) is 0.373. The number of nitrogens with one attached hydrogen (secondary N) is 3. The van der Waals surface area contributed by atoms with Crippen molar-refractivity contribution in [3.63, 3.8) is 0 Å². The summed E-state index contributed by atoms with van der Waals surface area (Å²) in [5.41, 5.74) is 1.55. The van der Waals surface area contributed by atoms with Crippen molar-refractivity contribution < 1.29 is 9.59 Å². The van der Waals surface area contributed by atoms with Crippen LogP contribution in [0.15, 0.2) is 24.3 Å². The molecule has 1 aliphatic heterocycles. The SMILES string of the molecule is O=C1CC(C(=O)NC2(CNCC3CC3)CCCC2)c2ccccc2N1. The van der Waals surface area contributed by atoms with Gasteiger partial charge in [-0.15, -0.1) is 0 Å². The maximum Gasteiger partial charge on any atom is 0.228 e. The fourth-order valence-electron chi connectivity index (χ4n) is 4.23. The Balaban J connectivity index is 1.46. The van der Waals surface area contributed by atoms with Gasteiger partial charge in [-0.1, -0.05) is 31.0 Å². The molecule has 1 unspecified atom stereocenters. The number of carbonyl (C=O) groups excluding carboxylic acids is 2. The topological polar surface area (TPSA) is 70.2 Å². The molecule has 1 aromatic carbocycles. The van der Waals surface area contributed by atoms with Crippen LogP contribution in [0, 0.1) is 5.92 Å². The Morgan fingerprint density at radius 2 is 1.96 bits per heavy atom. The Labute approximate surface area is 148 Å². The molecular formula is C20H27N3O2. The van der Waals surface area contributed by atoms with E-state index in [9.17, 15) is 9.59 Å². The number of benzene rings is 1. The van der Waals surface area contributed by atoms with Gasteiger partial charge in [0, 0.05) is 18.7 Å². The average Bonchev–Trinajstić information content (AvgIpc) is 3.32. The summed E-state index contributed by atoms with van der Waals surface area (Å²) < 4.78 is 0. The van der Waals surface area contributed by atoms with Gasteiger partial charge in [-0.3, -0.25) is 9.59 Å². The largest absolute Gasteiger partial charge is 0.349 e. The minimum Gasteiger partial charge on any atom is -0.349 e. The van der Waals surface area contributed by atoms with Crippen molar-refractivity contribution in [3.8, 4) is 0 Å². The van der Waals surface area contributed by atoms with Crippen LogP contribution in [-0.4, -0.2) is 30.4 Å². The number of para-hydroxylation sites is 1. The Morgan fingerprint density at radius 1 is 1.20 bits per heavy atom. The summed E-state index contributed by atoms with van der Waals surface area (Å²) in [7, 11) is 0. The Bertz CT molecular complexity index is 663. The maximum absolute atomic E-state index is 13.1. The molecule has 0 aromatic heterocycles. The second-order valence-corrected chi connectivity index (χ2v) is 7.94. The summed E-state index contributed by atoms with van der Waals surface area (Å²) in [6.45, 7) is 1.90. The molecule has 134 valence electrons. The first kappa shape index (κ1) is 16.6. The highest BCUT2D eigenvalue weighted by atomic mass is 16.2. The molecule has 3 N–H and O–H groups in total. The van der Waals surface area contributed by atoms with Crippen LogP contribution in [0.2, 0.25) is 0 Å². The van der Waals surface area contributed by atoms with Gasteiger partial charge >= 0.3 is 0 Å². The van der Waals surface area contributed by atoms with E-state index in [0.29, 0.717) is 0 Å². The smallest absolute Gasteiger partial charge is 0.228 e. The van der Waals surface area contributed by atoms with Crippen LogP contribution in [0.25, 0.3) is 0 Å². The first-order valence-corrected chi connectivity index (χ1v) is 9.57. The molecule has 2 amide bonds. The molecule has 2 saturated carbocycles. The van der Waals surface area contributed by atoms with Crippen LogP contribution >= 0.6 is 0 Å². The van der Waals surface area contributed by atoms with Crippen LogP contribution in [-0.2, 0) is 9.59 Å². The molecule has 0 saturated heterocycles. The lowest BCUT2D eigenvalue weighted by atomic mass is 9.88. The highest BCUT2D eigenvalue weighted by Gasteiger charge is 2.39. The van der Waals surface area contributed by atoms with Gasteiger partial charge in [-0.25, -0.2) is 0 Å². The van der Waals surface area contributed by atoms with Gasteiger partial charge in [0.15, 0.2) is 0 Å². The van der Waals surface area contributed by atoms with Crippen LogP contribution in [0.3, 0.4) is 0 Å². The van der Waals surface area contributed by atoms with Gasteiger partial charge in [0.1, 0.15) is 0 Å². The lowest BCUT2D eigenvalue weighted by molar-refractivity contribution is -0.127. The van der Waals surface area contributed by atoms with E-state index in [0.717, 1.165) is 55.9 Å². The second-order valence-electron chi connectivity index (χ2n) is 7.94. The zero-order chi connectivity index (χ0) is 17.3. The first-order chi connectivity index (χ1) is 12.2. The van der Waals surface area contributed by atoms with E-state index in [-0.39, 0.29) is 29.7 Å². The van der Waals surface area contributed by atoms with Crippen LogP contribution < -0.4 is 16.0 Å². The molecule has 1 atom stereocenters. The van der Waals surface area contributed by atoms with E-state index in [1.165, 1.54) is 12.8 Å². The van der Waals surface area contributed by atoms with E-state index < -0.39 is 0 Å². The molecular weight excluding hydrogens is 314 g/mol. The van der Waals surface area contributed by atoms with Crippen molar-refractivity contribution in [2.75, 3.05) is 18.4 Å². The molecule has 5 heteroatoms. The van der Waals surface area contributed by atoms with Crippen LogP contribution in [0.4, 0.5) is 5.69 Å². The molecule has 4 rings (SSSR count). The van der Waals surface area contributed by atoms with Crippen molar-refractivity contribution in [1.82, 2.24) is 10.6 Å². The maximum atomic E-state index is 13.1. The van der Waals surface area contributed by atoms with E-state index in [1.54, 1.807) is 0 Å². The Hall–Kier alpha value is -1.88. The molecule has 0 spiro atoms. The number of hydrogen-bond acceptors (Lipinski definition) is 3. The molecule has 5 nitrogen and oxygen atoms in total. The van der Waals surface area contributed by atoms with E-state index >= 15 is 0 Å². The highest BCUT2D eigenvalue weighted by molar-refractivity contribution is 6.01. The quantitative estimate of drug-likeness (QED) is 0.745. The summed E-state index contributed by atoms with van der Waals surface area (Å²) in [6.07, 6.45) is 7.27. The number of rotatable bonds is 6. The third-order valence-corrected chi connectivity index (χ3v) is 5.86. The third-order valence-electron chi connectivity index (χ3n) is 5.86. The summed E-state index contributed by atoms with van der Waals surface area (Å²) in [6, 6.07) is 7.64. The number of hydrogen-bond donors (Lipinski definition) is 3. The average molecular weight is 341 g/mol. The third kappa shape index (κ3) is 3.71. The normalized spacial score (nSPS) is 24.5. The first-order valence-electron chi connectivity index (χ1n) is 9.57. The number of carbonyl (C=O) groups is 2.